The highest BCUT2D eigenvalue weighted by atomic mass is 16.5. The van der Waals surface area contributed by atoms with Gasteiger partial charge in [0, 0.05) is 50.4 Å². The van der Waals surface area contributed by atoms with Gasteiger partial charge in [0.1, 0.15) is 6.10 Å². The molecule has 0 unspecified atom stereocenters. The molecule has 8 heteroatoms. The van der Waals surface area contributed by atoms with Crippen LogP contribution in [-0.2, 0) is 6.54 Å². The van der Waals surface area contributed by atoms with E-state index in [2.05, 4.69) is 15.3 Å². The fourth-order valence-corrected chi connectivity index (χ4v) is 3.07. The predicted molar refractivity (Wildman–Crippen MR) is 99.0 cm³/mol. The van der Waals surface area contributed by atoms with Crippen LogP contribution in [-0.4, -0.2) is 54.3 Å². The van der Waals surface area contributed by atoms with E-state index in [0.717, 1.165) is 18.4 Å². The number of likely N-dealkylation sites (tertiary alicyclic amines) is 1. The predicted octanol–water partition coefficient (Wildman–Crippen LogP) is 2.25. The summed E-state index contributed by atoms with van der Waals surface area (Å²) in [6.45, 7) is 1.63. The number of benzene rings is 1. The summed E-state index contributed by atoms with van der Waals surface area (Å²) in [7, 11) is 3.18. The van der Waals surface area contributed by atoms with E-state index in [1.165, 1.54) is 0 Å². The van der Waals surface area contributed by atoms with Gasteiger partial charge in [-0.2, -0.15) is 0 Å². The first-order valence-corrected chi connectivity index (χ1v) is 8.86. The maximum absolute atomic E-state index is 12.5. The molecule has 3 rings (SSSR count). The number of carbonyl (C=O) groups is 1. The topological polar surface area (TPSA) is 85.8 Å². The molecule has 1 aromatic carbocycles. The lowest BCUT2D eigenvalue weighted by Crippen LogP contribution is -2.46. The highest BCUT2D eigenvalue weighted by Gasteiger charge is 2.24. The van der Waals surface area contributed by atoms with Crippen molar-refractivity contribution in [2.24, 2.45) is 0 Å². The highest BCUT2D eigenvalue weighted by molar-refractivity contribution is 5.74. The number of urea groups is 1. The Morgan fingerprint density at radius 3 is 2.70 bits per heavy atom. The highest BCUT2D eigenvalue weighted by Crippen LogP contribution is 2.30. The Morgan fingerprint density at radius 2 is 2.04 bits per heavy atom. The standard InChI is InChI=1S/C19H24N4O4/c1-25-16-5-3-4-14(18(16)26-2)12-22-19(24)23-10-6-15(7-11-23)27-17-13-20-8-9-21-17/h3-5,8-9,13,15H,6-7,10-12H2,1-2H3,(H,22,24). The van der Waals surface area contributed by atoms with Gasteiger partial charge in [0.2, 0.25) is 5.88 Å². The van der Waals surface area contributed by atoms with Crippen LogP contribution in [0.2, 0.25) is 0 Å². The van der Waals surface area contributed by atoms with Gasteiger partial charge in [0.05, 0.1) is 20.4 Å². The first-order valence-electron chi connectivity index (χ1n) is 8.86. The van der Waals surface area contributed by atoms with E-state index >= 15 is 0 Å². The summed E-state index contributed by atoms with van der Waals surface area (Å²) in [5.41, 5.74) is 0.867. The lowest BCUT2D eigenvalue weighted by molar-refractivity contribution is 0.107. The molecule has 0 aliphatic carbocycles. The molecule has 2 amide bonds. The number of nitrogens with one attached hydrogen (secondary N) is 1. The molecule has 1 N–H and O–H groups in total. The molecule has 0 bridgehead atoms. The summed E-state index contributed by atoms with van der Waals surface area (Å²) in [6, 6.07) is 5.50. The van der Waals surface area contributed by atoms with Crippen LogP contribution in [0.3, 0.4) is 0 Å². The lowest BCUT2D eigenvalue weighted by Gasteiger charge is -2.31. The maximum Gasteiger partial charge on any atom is 0.317 e. The lowest BCUT2D eigenvalue weighted by atomic mass is 10.1. The van der Waals surface area contributed by atoms with Crippen molar-refractivity contribution < 1.29 is 19.0 Å². The Kier molecular flexibility index (Phi) is 6.30. The van der Waals surface area contributed by atoms with Gasteiger partial charge in [-0.25, -0.2) is 9.78 Å². The molecule has 0 saturated carbocycles. The summed E-state index contributed by atoms with van der Waals surface area (Å²) < 4.78 is 16.5. The minimum atomic E-state index is -0.0992. The minimum Gasteiger partial charge on any atom is -0.493 e. The molecule has 1 aliphatic rings. The SMILES string of the molecule is COc1cccc(CNC(=O)N2CCC(Oc3cnccn3)CC2)c1OC. The van der Waals surface area contributed by atoms with Gasteiger partial charge >= 0.3 is 6.03 Å². The van der Waals surface area contributed by atoms with Crippen molar-refractivity contribution in [3.8, 4) is 17.4 Å². The smallest absolute Gasteiger partial charge is 0.317 e. The van der Waals surface area contributed by atoms with Gasteiger partial charge in [-0.3, -0.25) is 4.98 Å². The Bertz CT molecular complexity index is 749. The van der Waals surface area contributed by atoms with Crippen LogP contribution in [0.4, 0.5) is 4.79 Å². The molecule has 0 radical (unpaired) electrons. The first kappa shape index (κ1) is 18.8. The molecule has 1 aliphatic heterocycles. The fourth-order valence-electron chi connectivity index (χ4n) is 3.07. The zero-order valence-corrected chi connectivity index (χ0v) is 15.6. The zero-order chi connectivity index (χ0) is 19.1. The Morgan fingerprint density at radius 1 is 1.22 bits per heavy atom. The summed E-state index contributed by atoms with van der Waals surface area (Å²) >= 11 is 0. The zero-order valence-electron chi connectivity index (χ0n) is 15.6. The van der Waals surface area contributed by atoms with Crippen molar-refractivity contribution >= 4 is 6.03 Å². The number of rotatable bonds is 6. The molecule has 1 saturated heterocycles. The third kappa shape index (κ3) is 4.78. The Labute approximate surface area is 158 Å². The van der Waals surface area contributed by atoms with Crippen LogP contribution in [0.1, 0.15) is 18.4 Å². The molecule has 2 aromatic rings. The summed E-state index contributed by atoms with van der Waals surface area (Å²) in [5.74, 6) is 1.80. The maximum atomic E-state index is 12.5. The summed E-state index contributed by atoms with van der Waals surface area (Å²) in [4.78, 5) is 22.4. The van der Waals surface area contributed by atoms with E-state index in [1.54, 1.807) is 37.7 Å². The normalized spacial score (nSPS) is 14.5. The molecule has 27 heavy (non-hydrogen) atoms. The van der Waals surface area contributed by atoms with E-state index in [0.29, 0.717) is 37.0 Å². The molecule has 8 nitrogen and oxygen atoms in total. The average molecular weight is 372 g/mol. The molecule has 0 spiro atoms. The fraction of sp³-hybridized carbons (Fsp3) is 0.421. The first-order chi connectivity index (χ1) is 13.2. The van der Waals surface area contributed by atoms with Gasteiger partial charge in [0.15, 0.2) is 11.5 Å². The number of amides is 2. The average Bonchev–Trinajstić information content (AvgIpc) is 2.72. The third-order valence-corrected chi connectivity index (χ3v) is 4.47. The third-order valence-electron chi connectivity index (χ3n) is 4.47. The van der Waals surface area contributed by atoms with E-state index < -0.39 is 0 Å². The van der Waals surface area contributed by atoms with Crippen molar-refractivity contribution in [3.63, 3.8) is 0 Å². The van der Waals surface area contributed by atoms with E-state index in [1.807, 2.05) is 18.2 Å². The number of ether oxygens (including phenoxy) is 3. The molecule has 144 valence electrons. The van der Waals surface area contributed by atoms with Crippen LogP contribution < -0.4 is 19.5 Å². The van der Waals surface area contributed by atoms with Gasteiger partial charge in [0.25, 0.3) is 0 Å². The Balaban J connectivity index is 1.49. The van der Waals surface area contributed by atoms with E-state index in [4.69, 9.17) is 14.2 Å². The van der Waals surface area contributed by atoms with Crippen molar-refractivity contribution in [2.45, 2.75) is 25.5 Å². The number of methoxy groups -OCH3 is 2. The molecule has 0 atom stereocenters. The van der Waals surface area contributed by atoms with Gasteiger partial charge in [-0.15, -0.1) is 0 Å². The van der Waals surface area contributed by atoms with Gasteiger partial charge < -0.3 is 24.4 Å². The quantitative estimate of drug-likeness (QED) is 0.837. The summed E-state index contributed by atoms with van der Waals surface area (Å²) in [6.07, 6.45) is 6.37. The molecular formula is C19H24N4O4. The number of carbonyl (C=O) groups excluding carboxylic acids is 1. The molecule has 1 aromatic heterocycles. The van der Waals surface area contributed by atoms with Crippen LogP contribution in [0.15, 0.2) is 36.8 Å². The minimum absolute atomic E-state index is 0.0456. The largest absolute Gasteiger partial charge is 0.493 e. The molecular weight excluding hydrogens is 348 g/mol. The number of hydrogen-bond acceptors (Lipinski definition) is 6. The molecule has 1 fully saturated rings. The van der Waals surface area contributed by atoms with Crippen molar-refractivity contribution in [1.29, 1.82) is 0 Å². The summed E-state index contributed by atoms with van der Waals surface area (Å²) in [5, 5.41) is 2.95. The number of hydrogen-bond donors (Lipinski definition) is 1. The van der Waals surface area contributed by atoms with Crippen LogP contribution in [0.5, 0.6) is 17.4 Å². The van der Waals surface area contributed by atoms with Crippen LogP contribution in [0.25, 0.3) is 0 Å². The second-order valence-electron chi connectivity index (χ2n) is 6.16. The second kappa shape index (κ2) is 9.07. The number of piperidine rings is 1. The molecule has 2 heterocycles. The monoisotopic (exact) mass is 372 g/mol. The van der Waals surface area contributed by atoms with E-state index in [9.17, 15) is 4.79 Å². The van der Waals surface area contributed by atoms with Crippen LogP contribution >= 0.6 is 0 Å². The van der Waals surface area contributed by atoms with Gasteiger partial charge in [-0.05, 0) is 6.07 Å². The van der Waals surface area contributed by atoms with E-state index in [-0.39, 0.29) is 12.1 Å². The van der Waals surface area contributed by atoms with Crippen LogP contribution in [0, 0.1) is 0 Å². The van der Waals surface area contributed by atoms with Crippen molar-refractivity contribution in [2.75, 3.05) is 27.3 Å². The van der Waals surface area contributed by atoms with Gasteiger partial charge in [-0.1, -0.05) is 12.1 Å². The Hall–Kier alpha value is -3.03. The number of para-hydroxylation sites is 1. The van der Waals surface area contributed by atoms with Crippen molar-refractivity contribution in [3.05, 3.63) is 42.4 Å². The second-order valence-corrected chi connectivity index (χ2v) is 6.16. The number of aromatic nitrogens is 2. The van der Waals surface area contributed by atoms with Crippen molar-refractivity contribution in [1.82, 2.24) is 20.2 Å². The number of nitrogens with zero attached hydrogens (tertiary/aromatic N) is 3.